The average Bonchev–Trinajstić information content (AvgIpc) is 1.45. The van der Waals surface area contributed by atoms with Crippen LogP contribution in [0.15, 0.2) is 157 Å². The Labute approximate surface area is 822 Å². The minimum Gasteiger partial charge on any atom is -0.463 e. The molecule has 18 rings (SSSR count). The fraction of sp³-hybridized carbons (Fsp3) is 0.449. The number of terminal acetylenes is 3. The number of carbonyl (C=O) groups excluding carboxylic acids is 2. The molecule has 9 aliphatic rings. The van der Waals surface area contributed by atoms with Crippen LogP contribution in [0.4, 0.5) is 28.7 Å². The van der Waals surface area contributed by atoms with Crippen LogP contribution in [0.3, 0.4) is 0 Å². The molecule has 31 heteroatoms. The quantitative estimate of drug-likeness (QED) is 0.0439. The molecule has 0 unspecified atom stereocenters. The molecule has 0 radical (unpaired) electrons. The highest BCUT2D eigenvalue weighted by molar-refractivity contribution is 7.60. The molecule has 9 aromatic rings. The molecule has 6 atom stereocenters. The Hall–Kier alpha value is -8.35. The Morgan fingerprint density at radius 2 is 0.860 bits per heavy atom. The number of anilines is 5. The van der Waals surface area contributed by atoms with Crippen molar-refractivity contribution < 1.29 is 23.8 Å². The first kappa shape index (κ1) is 109. The van der Waals surface area contributed by atoms with E-state index < -0.39 is 5.24 Å². The van der Waals surface area contributed by atoms with Crippen molar-refractivity contribution in [1.29, 1.82) is 0 Å². The molecule has 0 aliphatic carbocycles. The van der Waals surface area contributed by atoms with Crippen LogP contribution in [0.5, 0.6) is 18.0 Å². The van der Waals surface area contributed by atoms with Crippen molar-refractivity contribution in [2.75, 3.05) is 151 Å². The summed E-state index contributed by atoms with van der Waals surface area (Å²) in [6, 6.07) is 47.4. The van der Waals surface area contributed by atoms with E-state index in [1.54, 1.807) is 0 Å². The second-order valence-electron chi connectivity index (χ2n) is 33.3. The fourth-order valence-electron chi connectivity index (χ4n) is 18.7. The van der Waals surface area contributed by atoms with Gasteiger partial charge in [-0.15, -0.1) is 61.8 Å². The summed E-state index contributed by atoms with van der Waals surface area (Å²) in [5.74, 6) is 11.5. The Morgan fingerprint density at radius 1 is 0.457 bits per heavy atom. The van der Waals surface area contributed by atoms with Gasteiger partial charge in [0.1, 0.15) is 31.5 Å². The Morgan fingerprint density at radius 3 is 1.28 bits per heavy atom. The summed E-state index contributed by atoms with van der Waals surface area (Å²) < 4.78 is 18.5. The largest absolute Gasteiger partial charge is 0.463 e. The molecule has 9 aliphatic heterocycles. The zero-order valence-corrected chi connectivity index (χ0v) is 82.9. The first-order chi connectivity index (χ1) is 59.1. The van der Waals surface area contributed by atoms with Crippen LogP contribution in [-0.2, 0) is 48.5 Å². The smallest absolute Gasteiger partial charge is 0.318 e. The fourth-order valence-corrected chi connectivity index (χ4v) is 18.7. The van der Waals surface area contributed by atoms with Crippen LogP contribution in [-0.4, -0.2) is 211 Å². The molecule has 696 valence electrons. The van der Waals surface area contributed by atoms with E-state index in [4.69, 9.17) is 65.0 Å². The number of allylic oxidation sites excluding steroid dienone is 1. The van der Waals surface area contributed by atoms with Gasteiger partial charge in [-0.25, -0.2) is 0 Å². The summed E-state index contributed by atoms with van der Waals surface area (Å²) in [5, 5.41) is 10.3. The zero-order valence-electron chi connectivity index (χ0n) is 74.5. The van der Waals surface area contributed by atoms with Crippen molar-refractivity contribution in [1.82, 2.24) is 54.8 Å². The number of likely N-dealkylation sites (tertiary alicyclic amines) is 3. The van der Waals surface area contributed by atoms with Crippen LogP contribution >= 0.6 is 117 Å². The lowest BCUT2D eigenvalue weighted by Crippen LogP contribution is -2.55. The van der Waals surface area contributed by atoms with Gasteiger partial charge in [-0.1, -0.05) is 122 Å². The number of fused-ring (bicyclic) bond motifs is 6. The molecule has 0 bridgehead atoms. The molecule has 3 aromatic heterocycles. The topological polar surface area (TPSA) is 200 Å². The number of nitrogens with one attached hydrogen (secondary N) is 2. The van der Waals surface area contributed by atoms with Gasteiger partial charge < -0.3 is 63.6 Å². The molecule has 12 heterocycles. The molecule has 0 spiro atoms. The predicted molar refractivity (Wildman–Crippen MR) is 565 cm³/mol. The van der Waals surface area contributed by atoms with E-state index in [1.807, 2.05) is 4.90 Å². The standard InChI is InChI=1S/C33H38N6O2.C31H37N5O.C23H26N4O2.C8H13N.C3H3ClO.2ClH.6H2S/c1-4-10-25-21-38(19-20-39(25)31(40)5-2)32-28-16-18-37(30-15-8-12-24-11-6-7-14-27(24)30)22-29(28)34-33(35-32)41-23-26-13-9-17-36(26)3;1-3-9-23-10-7-18-36(20-23)30-27-16-19-35(29-15-6-12-24-11-4-5-14-26(24)29)21-28(27)32-31(33-30)37-22-25-13-8-17-34(25)2;1-26-12-5-8-17(26)15-29-23-24-20-14-27(13-11-19(20)22(28)25-23)21-10-4-7-16-6-2-3-9-18(16)21;1-2-4-8-5-3-6-9-7-8;1-2-3(4)5;;;;;;;;/h1,5-8,11-12,14-15,25-26H,2,9-10,13,16-23H2,3H3;1,4-6,11-12,14-15,23,25H,7-10,13,16-22H2,2H3;2-4,6-7,9-10,17H,5,8,11-15H2,1H3,(H,24,25,28);1,8-9H,3-7H2;2H,1H2;2*1H;6*1H2/t25-,26-;23-,25+;17-;8-;;;;;;;;;/m0101........./s1. The number of carbonyl (C=O) groups is 2. The SMILES string of the molecule is C#CC[C@@H]1CCCN(c2nc(OC[C@@H]3CCCN3C)nc3c2CCN(c2cccc4ccccc24)C3)C1.C#CC[C@@H]1CCCNC1.C#CC[C@H]1CN(c2nc(OC[C@@H]3CCCN3C)nc3c2CCN(c2cccc4ccccc24)C3)CCN1C(=O)C=C.C=CC(=O)Cl.CN1CCC[C@H]1COc1nc2c(c(=O)[nH]1)CCN(c1cccc3ccccc13)C2.Cl.Cl.S.S.S.S.S.S. The molecular weight excluding hydrogens is 1800 g/mol. The van der Waals surface area contributed by atoms with Gasteiger partial charge in [0.25, 0.3) is 11.6 Å². The highest BCUT2D eigenvalue weighted by Gasteiger charge is 2.36. The molecule has 0 saturated carbocycles. The second kappa shape index (κ2) is 54.0. The van der Waals surface area contributed by atoms with Gasteiger partial charge in [-0.2, -0.15) is 106 Å². The van der Waals surface area contributed by atoms with E-state index in [9.17, 15) is 14.4 Å². The molecule has 6 saturated heterocycles. The number of halogens is 3. The number of aromatic nitrogens is 6. The Balaban J connectivity index is 0.000000271. The number of benzene rings is 6. The third kappa shape index (κ3) is 28.1. The normalized spacial score (nSPS) is 19.6. The van der Waals surface area contributed by atoms with Crippen LogP contribution in [0, 0.1) is 48.9 Å². The van der Waals surface area contributed by atoms with Crippen LogP contribution in [0.1, 0.15) is 117 Å². The molecule has 2 N–H and O–H groups in total. The minimum atomic E-state index is -0.509. The van der Waals surface area contributed by atoms with Gasteiger partial charge >= 0.3 is 12.0 Å². The average molecular weight is 1930 g/mol. The van der Waals surface area contributed by atoms with E-state index in [0.29, 0.717) is 107 Å². The Kier molecular flexibility index (Phi) is 45.8. The van der Waals surface area contributed by atoms with Gasteiger partial charge in [0.15, 0.2) is 0 Å². The molecule has 6 aromatic carbocycles. The summed E-state index contributed by atoms with van der Waals surface area (Å²) >= 11 is 4.71. The number of ether oxygens (including phenoxy) is 3. The number of rotatable bonds is 19. The van der Waals surface area contributed by atoms with Gasteiger partial charge in [-0.05, 0) is 207 Å². The second-order valence-corrected chi connectivity index (χ2v) is 33.7. The predicted octanol–water partition coefficient (Wildman–Crippen LogP) is 15.2. The van der Waals surface area contributed by atoms with Crippen LogP contribution < -0.4 is 49.6 Å². The maximum absolute atomic E-state index is 12.6. The van der Waals surface area contributed by atoms with Gasteiger partial charge in [-0.3, -0.25) is 19.4 Å². The van der Waals surface area contributed by atoms with Crippen molar-refractivity contribution in [3.8, 4) is 55.1 Å². The third-order valence-electron chi connectivity index (χ3n) is 25.4. The van der Waals surface area contributed by atoms with Crippen molar-refractivity contribution in [2.24, 2.45) is 11.8 Å². The number of nitrogens with zero attached hydrogens (tertiary/aromatic N) is 14. The molecule has 1 amide bonds. The van der Waals surface area contributed by atoms with Gasteiger partial charge in [0.2, 0.25) is 11.1 Å². The summed E-state index contributed by atoms with van der Waals surface area (Å²) in [7, 11) is 6.45. The van der Waals surface area contributed by atoms with Gasteiger partial charge in [0, 0.05) is 140 Å². The number of H-pyrrole nitrogens is 1. The van der Waals surface area contributed by atoms with E-state index in [2.05, 4.69) is 234 Å². The number of aromatic amines is 1. The molecule has 22 nitrogen and oxygen atoms in total. The number of hydrogen-bond donors (Lipinski definition) is 2. The van der Waals surface area contributed by atoms with Crippen molar-refractivity contribution in [2.45, 2.75) is 147 Å². The summed E-state index contributed by atoms with van der Waals surface area (Å²) in [4.78, 5) is 83.0. The van der Waals surface area contributed by atoms with E-state index >= 15 is 0 Å². The lowest BCUT2D eigenvalue weighted by molar-refractivity contribution is -0.128. The zero-order chi connectivity index (χ0) is 84.1. The van der Waals surface area contributed by atoms with Crippen molar-refractivity contribution in [3.05, 3.63) is 197 Å². The van der Waals surface area contributed by atoms with Crippen LogP contribution in [0.25, 0.3) is 32.3 Å². The van der Waals surface area contributed by atoms with E-state index in [1.165, 1.54) is 113 Å². The third-order valence-corrected chi connectivity index (χ3v) is 25.6. The molecule has 129 heavy (non-hydrogen) atoms. The van der Waals surface area contributed by atoms with E-state index in [-0.39, 0.29) is 123 Å². The highest BCUT2D eigenvalue weighted by Crippen LogP contribution is 2.39. The van der Waals surface area contributed by atoms with E-state index in [0.717, 1.165) is 162 Å². The summed E-state index contributed by atoms with van der Waals surface area (Å²) in [6.07, 6.45) is 35.7. The van der Waals surface area contributed by atoms with Crippen molar-refractivity contribution in [3.63, 3.8) is 0 Å². The maximum Gasteiger partial charge on any atom is 0.318 e. The highest BCUT2D eigenvalue weighted by atomic mass is 35.5. The van der Waals surface area contributed by atoms with Crippen molar-refractivity contribution >= 4 is 190 Å². The minimum absolute atomic E-state index is 0. The maximum atomic E-state index is 12.6. The monoisotopic (exact) mass is 1920 g/mol. The molecular formula is C98H131Cl3N16O6S6. The van der Waals surface area contributed by atoms with Gasteiger partial charge in [0.05, 0.1) is 42.8 Å². The number of piperazine rings is 1. The summed E-state index contributed by atoms with van der Waals surface area (Å²) in [5.41, 5.74) is 9.75. The van der Waals surface area contributed by atoms with Crippen LogP contribution in [0.2, 0.25) is 0 Å². The number of amides is 1. The number of likely N-dealkylation sites (N-methyl/N-ethyl adjacent to an activating group) is 3. The Bertz CT molecular complexity index is 5320. The number of piperidine rings is 2. The first-order valence-electron chi connectivity index (χ1n) is 43.5. The first-order valence-corrected chi connectivity index (χ1v) is 43.9. The number of hydrogen-bond acceptors (Lipinski definition) is 20. The lowest BCUT2D eigenvalue weighted by atomic mass is 9.94. The molecule has 6 fully saturated rings. The lowest BCUT2D eigenvalue weighted by Gasteiger charge is -2.42. The summed E-state index contributed by atoms with van der Waals surface area (Å²) in [6.45, 7) is 22.7.